The van der Waals surface area contributed by atoms with Crippen molar-refractivity contribution in [1.29, 1.82) is 0 Å². The molecule has 0 spiro atoms. The second kappa shape index (κ2) is 7.33. The Labute approximate surface area is 157 Å². The summed E-state index contributed by atoms with van der Waals surface area (Å²) in [6, 6.07) is 4.70. The molecule has 1 aromatic rings. The molecule has 0 unspecified atom stereocenters. The maximum absolute atomic E-state index is 11.5. The van der Waals surface area contributed by atoms with Crippen LogP contribution < -0.4 is 34.7 Å². The van der Waals surface area contributed by atoms with Crippen molar-refractivity contribution in [3.05, 3.63) is 43.8 Å². The van der Waals surface area contributed by atoms with Gasteiger partial charge in [-0.2, -0.15) is 0 Å². The summed E-state index contributed by atoms with van der Waals surface area (Å²) in [5.74, 6) is -0.212. The third-order valence-corrected chi connectivity index (χ3v) is 3.95. The standard InChI is InChI=1S/C12H6Br3NO2.Na/c13-8-3-6(1-2-11(8)17)16-7-4-9(14)12(18)10(15)5-7;/h1-5,17H;/q;+1/p-1. The van der Waals surface area contributed by atoms with E-state index in [9.17, 15) is 9.90 Å². The number of carbonyl (C=O) groups is 1. The largest absolute Gasteiger partial charge is 1.00 e. The van der Waals surface area contributed by atoms with Gasteiger partial charge in [0, 0.05) is 4.47 Å². The predicted octanol–water partition coefficient (Wildman–Crippen LogP) is 0.739. The molecule has 3 nitrogen and oxygen atoms in total. The Balaban J connectivity index is 0.00000180. The number of hydrogen-bond acceptors (Lipinski definition) is 3. The summed E-state index contributed by atoms with van der Waals surface area (Å²) in [4.78, 5) is 15.8. The third-order valence-electron chi connectivity index (χ3n) is 2.16. The Bertz CT molecular complexity index is 599. The van der Waals surface area contributed by atoms with E-state index in [0.29, 0.717) is 24.8 Å². The van der Waals surface area contributed by atoms with Crippen molar-refractivity contribution in [3.8, 4) is 5.75 Å². The van der Waals surface area contributed by atoms with E-state index < -0.39 is 0 Å². The average Bonchev–Trinajstić information content (AvgIpc) is 2.31. The number of aliphatic imine (C=N–C) groups is 1. The molecule has 0 saturated heterocycles. The maximum atomic E-state index is 11.5. The molecule has 92 valence electrons. The molecule has 0 bridgehead atoms. The van der Waals surface area contributed by atoms with Gasteiger partial charge in [0.15, 0.2) is 0 Å². The minimum atomic E-state index is -0.120. The summed E-state index contributed by atoms with van der Waals surface area (Å²) in [5.41, 5.74) is 1.26. The number of hydrogen-bond donors (Lipinski definition) is 0. The molecule has 0 atom stereocenters. The summed E-state index contributed by atoms with van der Waals surface area (Å²) in [7, 11) is 0. The topological polar surface area (TPSA) is 52.5 Å². The number of carbonyl (C=O) groups excluding carboxylic acids is 1. The van der Waals surface area contributed by atoms with E-state index >= 15 is 0 Å². The Morgan fingerprint density at radius 2 is 1.63 bits per heavy atom. The van der Waals surface area contributed by atoms with E-state index in [2.05, 4.69) is 52.8 Å². The van der Waals surface area contributed by atoms with Crippen LogP contribution in [0.4, 0.5) is 5.69 Å². The number of ketones is 1. The first-order valence-electron chi connectivity index (χ1n) is 4.82. The van der Waals surface area contributed by atoms with Crippen LogP contribution >= 0.6 is 47.8 Å². The number of rotatable bonds is 1. The smallest absolute Gasteiger partial charge is 0.872 e. The SMILES string of the molecule is O=C1C(Br)=CC(=Nc2ccc([O-])c(Br)c2)C=C1Br.[Na+]. The van der Waals surface area contributed by atoms with Crippen molar-refractivity contribution < 1.29 is 39.5 Å². The molecule has 7 heteroatoms. The normalized spacial score (nSPS) is 14.5. The molecule has 0 heterocycles. The first-order valence-corrected chi connectivity index (χ1v) is 7.19. The van der Waals surface area contributed by atoms with Crippen LogP contribution in [0.1, 0.15) is 0 Å². The number of nitrogens with zero attached hydrogens (tertiary/aromatic N) is 1. The first-order chi connectivity index (χ1) is 8.47. The molecule has 0 N–H and O–H groups in total. The summed E-state index contributed by atoms with van der Waals surface area (Å²) < 4.78 is 1.34. The van der Waals surface area contributed by atoms with Crippen molar-refractivity contribution in [1.82, 2.24) is 0 Å². The molecular weight excluding hydrogens is 453 g/mol. The number of halogens is 3. The van der Waals surface area contributed by atoms with E-state index in [1.807, 2.05) is 0 Å². The van der Waals surface area contributed by atoms with Crippen LogP contribution in [-0.4, -0.2) is 11.5 Å². The van der Waals surface area contributed by atoms with Crippen molar-refractivity contribution in [2.24, 2.45) is 4.99 Å². The number of allylic oxidation sites excluding steroid dienone is 4. The molecule has 0 aromatic heterocycles. The molecule has 0 radical (unpaired) electrons. The van der Waals surface area contributed by atoms with Crippen LogP contribution in [0.15, 0.2) is 48.8 Å². The summed E-state index contributed by atoms with van der Waals surface area (Å²) in [6.07, 6.45) is 3.26. The number of Topliss-reactive ketones (excluding diaryl/α,β-unsaturated/α-hetero) is 1. The zero-order valence-corrected chi connectivity index (χ0v) is 16.5. The van der Waals surface area contributed by atoms with Crippen LogP contribution in [-0.2, 0) is 4.79 Å². The van der Waals surface area contributed by atoms with E-state index in [-0.39, 0.29) is 41.1 Å². The van der Waals surface area contributed by atoms with Gasteiger partial charge >= 0.3 is 29.6 Å². The Morgan fingerprint density at radius 1 is 1.05 bits per heavy atom. The summed E-state index contributed by atoms with van der Waals surface area (Å²) in [6.45, 7) is 0. The van der Waals surface area contributed by atoms with Gasteiger partial charge in [-0.3, -0.25) is 4.79 Å². The molecule has 0 amide bonds. The van der Waals surface area contributed by atoms with Gasteiger partial charge in [0.05, 0.1) is 20.4 Å². The van der Waals surface area contributed by atoms with Gasteiger partial charge in [-0.05, 0) is 56.1 Å². The van der Waals surface area contributed by atoms with Crippen LogP contribution in [0.25, 0.3) is 0 Å². The van der Waals surface area contributed by atoms with Gasteiger partial charge in [0.1, 0.15) is 0 Å². The Hall–Kier alpha value is 0.280. The molecule has 19 heavy (non-hydrogen) atoms. The van der Waals surface area contributed by atoms with Crippen molar-refractivity contribution >= 4 is 65.0 Å². The summed E-state index contributed by atoms with van der Waals surface area (Å²) >= 11 is 9.51. The molecular formula is C12H5Br3NNaO2. The fourth-order valence-corrected chi connectivity index (χ4v) is 2.85. The van der Waals surface area contributed by atoms with Crippen molar-refractivity contribution in [2.45, 2.75) is 0 Å². The number of benzene rings is 1. The van der Waals surface area contributed by atoms with E-state index in [0.717, 1.165) is 0 Å². The third kappa shape index (κ3) is 4.37. The summed E-state index contributed by atoms with van der Waals surface area (Å²) in [5, 5.41) is 11.2. The van der Waals surface area contributed by atoms with E-state index in [1.54, 1.807) is 24.3 Å². The van der Waals surface area contributed by atoms with Crippen LogP contribution in [0.2, 0.25) is 0 Å². The van der Waals surface area contributed by atoms with E-state index in [4.69, 9.17) is 0 Å². The van der Waals surface area contributed by atoms with Gasteiger partial charge in [0.25, 0.3) is 0 Å². The van der Waals surface area contributed by atoms with Gasteiger partial charge < -0.3 is 5.11 Å². The second-order valence-corrected chi connectivity index (χ2v) is 6.03. The Kier molecular flexibility index (Phi) is 6.69. The Morgan fingerprint density at radius 3 is 2.16 bits per heavy atom. The molecule has 1 aliphatic carbocycles. The molecule has 1 aromatic carbocycles. The molecule has 0 saturated carbocycles. The van der Waals surface area contributed by atoms with Crippen LogP contribution in [0.5, 0.6) is 5.75 Å². The van der Waals surface area contributed by atoms with E-state index in [1.165, 1.54) is 6.07 Å². The predicted molar refractivity (Wildman–Crippen MR) is 79.7 cm³/mol. The van der Waals surface area contributed by atoms with Crippen LogP contribution in [0.3, 0.4) is 0 Å². The van der Waals surface area contributed by atoms with Gasteiger partial charge in [-0.15, -0.1) is 0 Å². The fraction of sp³-hybridized carbons (Fsp3) is 0. The molecule has 2 rings (SSSR count). The minimum absolute atomic E-state index is 0. The average molecular weight is 458 g/mol. The van der Waals surface area contributed by atoms with Gasteiger partial charge in [-0.1, -0.05) is 27.7 Å². The zero-order chi connectivity index (χ0) is 13.3. The minimum Gasteiger partial charge on any atom is -0.872 e. The maximum Gasteiger partial charge on any atom is 1.00 e. The molecule has 1 aliphatic rings. The van der Waals surface area contributed by atoms with Gasteiger partial charge in [0.2, 0.25) is 5.78 Å². The zero-order valence-electron chi connectivity index (χ0n) is 9.78. The van der Waals surface area contributed by atoms with Crippen molar-refractivity contribution in [3.63, 3.8) is 0 Å². The quantitative estimate of drug-likeness (QED) is 0.461. The molecule has 0 fully saturated rings. The van der Waals surface area contributed by atoms with Crippen molar-refractivity contribution in [2.75, 3.05) is 0 Å². The van der Waals surface area contributed by atoms with Crippen LogP contribution in [0, 0.1) is 0 Å². The monoisotopic (exact) mass is 455 g/mol. The fourth-order valence-electron chi connectivity index (χ4n) is 1.32. The second-order valence-electron chi connectivity index (χ2n) is 3.47. The van der Waals surface area contributed by atoms with Gasteiger partial charge in [-0.25, -0.2) is 4.99 Å². The molecule has 0 aliphatic heterocycles. The first kappa shape index (κ1) is 17.3.